The molecule has 5 heteroatoms. The minimum Gasteiger partial charge on any atom is -0.355 e. The van der Waals surface area contributed by atoms with Gasteiger partial charge in [-0.25, -0.2) is 4.79 Å². The molecular weight excluding hydrogens is 194 g/mol. The van der Waals surface area contributed by atoms with Gasteiger partial charge in [0.1, 0.15) is 5.82 Å². The highest BCUT2D eigenvalue weighted by Crippen LogP contribution is 2.20. The number of nitrogens with one attached hydrogen (secondary N) is 2. The quantitative estimate of drug-likeness (QED) is 0.705. The average molecular weight is 209 g/mol. The molecule has 0 aromatic carbocycles. The van der Waals surface area contributed by atoms with Gasteiger partial charge in [-0.15, -0.1) is 0 Å². The van der Waals surface area contributed by atoms with Gasteiger partial charge in [-0.3, -0.25) is 14.8 Å². The zero-order chi connectivity index (χ0) is 10.8. The Balaban J connectivity index is 2.35. The summed E-state index contributed by atoms with van der Waals surface area (Å²) in [7, 11) is 0. The fourth-order valence-electron chi connectivity index (χ4n) is 2.07. The van der Waals surface area contributed by atoms with Crippen LogP contribution in [0.25, 0.3) is 0 Å². The van der Waals surface area contributed by atoms with E-state index in [0.29, 0.717) is 11.9 Å². The molecule has 0 amide bonds. The van der Waals surface area contributed by atoms with Crippen LogP contribution >= 0.6 is 0 Å². The van der Waals surface area contributed by atoms with Gasteiger partial charge in [0.15, 0.2) is 0 Å². The van der Waals surface area contributed by atoms with Crippen molar-refractivity contribution >= 4 is 5.82 Å². The standard InChI is InChI=1S/C10H15N3O2/c1-7-4-2-3-5-13(7)8-6-9(14)12-10(15)11-8/h6-7H,2-5H2,1H3,(H2,11,12,14,15). The first-order chi connectivity index (χ1) is 7.16. The molecule has 15 heavy (non-hydrogen) atoms. The zero-order valence-corrected chi connectivity index (χ0v) is 8.75. The predicted octanol–water partition coefficient (Wildman–Crippen LogP) is 0.442. The van der Waals surface area contributed by atoms with E-state index in [-0.39, 0.29) is 5.56 Å². The van der Waals surface area contributed by atoms with Gasteiger partial charge in [-0.2, -0.15) is 0 Å². The van der Waals surface area contributed by atoms with Crippen LogP contribution in [0.5, 0.6) is 0 Å². The van der Waals surface area contributed by atoms with Crippen molar-refractivity contribution < 1.29 is 0 Å². The van der Waals surface area contributed by atoms with E-state index in [0.717, 1.165) is 19.4 Å². The molecular formula is C10H15N3O2. The fraction of sp³-hybridized carbons (Fsp3) is 0.600. The maximum atomic E-state index is 11.2. The molecule has 0 saturated carbocycles. The van der Waals surface area contributed by atoms with Gasteiger partial charge < -0.3 is 4.90 Å². The van der Waals surface area contributed by atoms with E-state index in [2.05, 4.69) is 21.8 Å². The summed E-state index contributed by atoms with van der Waals surface area (Å²) in [6.07, 6.45) is 3.43. The van der Waals surface area contributed by atoms with Crippen molar-refractivity contribution in [3.05, 3.63) is 26.9 Å². The van der Waals surface area contributed by atoms with Gasteiger partial charge in [0.2, 0.25) is 0 Å². The van der Waals surface area contributed by atoms with Gasteiger partial charge in [0.05, 0.1) is 0 Å². The number of hydrogen-bond donors (Lipinski definition) is 2. The lowest BCUT2D eigenvalue weighted by atomic mass is 10.0. The van der Waals surface area contributed by atoms with E-state index in [1.54, 1.807) is 0 Å². The summed E-state index contributed by atoms with van der Waals surface area (Å²) in [4.78, 5) is 29.2. The van der Waals surface area contributed by atoms with Crippen LogP contribution in [0.2, 0.25) is 0 Å². The Morgan fingerprint density at radius 3 is 2.80 bits per heavy atom. The Morgan fingerprint density at radius 2 is 2.13 bits per heavy atom. The first kappa shape index (κ1) is 10.0. The third kappa shape index (κ3) is 2.11. The van der Waals surface area contributed by atoms with E-state index in [9.17, 15) is 9.59 Å². The lowest BCUT2D eigenvalue weighted by molar-refractivity contribution is 0.480. The second-order valence-corrected chi connectivity index (χ2v) is 4.01. The lowest BCUT2D eigenvalue weighted by Gasteiger charge is -2.34. The summed E-state index contributed by atoms with van der Waals surface area (Å²) in [5.41, 5.74) is -0.776. The number of anilines is 1. The van der Waals surface area contributed by atoms with Crippen molar-refractivity contribution in [2.75, 3.05) is 11.4 Å². The third-order valence-corrected chi connectivity index (χ3v) is 2.86. The van der Waals surface area contributed by atoms with Crippen LogP contribution in [0.3, 0.4) is 0 Å². The first-order valence-corrected chi connectivity index (χ1v) is 5.27. The van der Waals surface area contributed by atoms with Crippen molar-refractivity contribution in [1.29, 1.82) is 0 Å². The van der Waals surface area contributed by atoms with Crippen LogP contribution in [0.4, 0.5) is 5.82 Å². The molecule has 2 rings (SSSR count). The van der Waals surface area contributed by atoms with Gasteiger partial charge >= 0.3 is 5.69 Å². The lowest BCUT2D eigenvalue weighted by Crippen LogP contribution is -2.40. The molecule has 0 aliphatic carbocycles. The highest BCUT2D eigenvalue weighted by Gasteiger charge is 2.19. The van der Waals surface area contributed by atoms with Crippen LogP contribution in [-0.4, -0.2) is 22.6 Å². The van der Waals surface area contributed by atoms with Crippen molar-refractivity contribution in [2.45, 2.75) is 32.2 Å². The van der Waals surface area contributed by atoms with Gasteiger partial charge in [-0.1, -0.05) is 0 Å². The number of rotatable bonds is 1. The smallest absolute Gasteiger partial charge is 0.327 e. The van der Waals surface area contributed by atoms with Crippen molar-refractivity contribution in [2.24, 2.45) is 0 Å². The van der Waals surface area contributed by atoms with E-state index in [1.165, 1.54) is 12.5 Å². The predicted molar refractivity (Wildman–Crippen MR) is 58.3 cm³/mol. The molecule has 0 spiro atoms. The number of piperidine rings is 1. The Morgan fingerprint density at radius 1 is 1.33 bits per heavy atom. The Kier molecular flexibility index (Phi) is 2.62. The largest absolute Gasteiger partial charge is 0.355 e. The summed E-state index contributed by atoms with van der Waals surface area (Å²) in [6, 6.07) is 1.83. The monoisotopic (exact) mass is 209 g/mol. The molecule has 1 aromatic rings. The van der Waals surface area contributed by atoms with Crippen LogP contribution in [0.1, 0.15) is 26.2 Å². The van der Waals surface area contributed by atoms with Crippen LogP contribution in [0, 0.1) is 0 Å². The molecule has 5 nitrogen and oxygen atoms in total. The fourth-order valence-corrected chi connectivity index (χ4v) is 2.07. The second-order valence-electron chi connectivity index (χ2n) is 4.01. The molecule has 1 saturated heterocycles. The topological polar surface area (TPSA) is 69.0 Å². The summed E-state index contributed by atoms with van der Waals surface area (Å²) in [5.74, 6) is 0.635. The summed E-state index contributed by atoms with van der Waals surface area (Å²) in [5, 5.41) is 0. The molecule has 1 unspecified atom stereocenters. The van der Waals surface area contributed by atoms with Gasteiger partial charge in [0.25, 0.3) is 5.56 Å². The van der Waals surface area contributed by atoms with Gasteiger partial charge in [-0.05, 0) is 26.2 Å². The Labute approximate surface area is 87.1 Å². The SMILES string of the molecule is CC1CCCCN1c1cc(=O)[nH]c(=O)[nH]1. The first-order valence-electron chi connectivity index (χ1n) is 5.27. The molecule has 2 heterocycles. The summed E-state index contributed by atoms with van der Waals surface area (Å²) in [6.45, 7) is 3.01. The number of hydrogen-bond acceptors (Lipinski definition) is 3. The van der Waals surface area contributed by atoms with Gasteiger partial charge in [0, 0.05) is 18.7 Å². The van der Waals surface area contributed by atoms with E-state index < -0.39 is 5.69 Å². The van der Waals surface area contributed by atoms with Crippen LogP contribution in [-0.2, 0) is 0 Å². The molecule has 0 bridgehead atoms. The highest BCUT2D eigenvalue weighted by atomic mass is 16.2. The molecule has 1 aromatic heterocycles. The van der Waals surface area contributed by atoms with E-state index in [4.69, 9.17) is 0 Å². The molecule has 1 fully saturated rings. The minimum atomic E-state index is -0.435. The minimum absolute atomic E-state index is 0.341. The maximum Gasteiger partial charge on any atom is 0.327 e. The molecule has 1 atom stereocenters. The molecule has 82 valence electrons. The van der Waals surface area contributed by atoms with Crippen molar-refractivity contribution in [3.63, 3.8) is 0 Å². The molecule has 1 aliphatic rings. The summed E-state index contributed by atoms with van der Waals surface area (Å²) < 4.78 is 0. The number of nitrogens with zero attached hydrogens (tertiary/aromatic N) is 1. The molecule has 0 radical (unpaired) electrons. The van der Waals surface area contributed by atoms with Crippen molar-refractivity contribution in [1.82, 2.24) is 9.97 Å². The Bertz CT molecular complexity index is 420. The zero-order valence-electron chi connectivity index (χ0n) is 8.75. The van der Waals surface area contributed by atoms with E-state index in [1.807, 2.05) is 0 Å². The number of aromatic nitrogens is 2. The number of H-pyrrole nitrogens is 2. The molecule has 2 N–H and O–H groups in total. The highest BCUT2D eigenvalue weighted by molar-refractivity contribution is 5.38. The van der Waals surface area contributed by atoms with E-state index >= 15 is 0 Å². The maximum absolute atomic E-state index is 11.2. The van der Waals surface area contributed by atoms with Crippen LogP contribution < -0.4 is 16.1 Å². The van der Waals surface area contributed by atoms with Crippen molar-refractivity contribution in [3.8, 4) is 0 Å². The molecule has 1 aliphatic heterocycles. The Hall–Kier alpha value is -1.52. The second kappa shape index (κ2) is 3.92. The summed E-state index contributed by atoms with van der Waals surface area (Å²) >= 11 is 0. The third-order valence-electron chi connectivity index (χ3n) is 2.86. The van der Waals surface area contributed by atoms with Crippen LogP contribution in [0.15, 0.2) is 15.7 Å². The average Bonchev–Trinajstić information content (AvgIpc) is 2.16. The normalized spacial score (nSPS) is 21.7. The number of aromatic amines is 2.